The summed E-state index contributed by atoms with van der Waals surface area (Å²) in [5, 5.41) is 4.50. The van der Waals surface area contributed by atoms with Gasteiger partial charge in [-0.05, 0) is 18.2 Å². The Morgan fingerprint density at radius 2 is 1.62 bits per heavy atom. The number of hydrogen-bond donors (Lipinski definition) is 2. The molecule has 0 saturated heterocycles. The summed E-state index contributed by atoms with van der Waals surface area (Å²) < 4.78 is 76.1. The predicted molar refractivity (Wildman–Crippen MR) is 76.3 cm³/mol. The number of hydrogen-bond acceptors (Lipinski definition) is 4. The Labute approximate surface area is 136 Å². The molecule has 0 saturated carbocycles. The number of nitrogens with one attached hydrogen (secondary N) is 2. The van der Waals surface area contributed by atoms with Gasteiger partial charge in [0.2, 0.25) is 5.95 Å². The van der Waals surface area contributed by atoms with Crippen molar-refractivity contribution in [2.45, 2.75) is 12.4 Å². The van der Waals surface area contributed by atoms with Crippen LogP contribution >= 0.6 is 11.6 Å². The van der Waals surface area contributed by atoms with Crippen LogP contribution < -0.4 is 10.6 Å². The van der Waals surface area contributed by atoms with E-state index in [4.69, 9.17) is 11.6 Å². The van der Waals surface area contributed by atoms with Crippen molar-refractivity contribution in [1.29, 1.82) is 0 Å². The first-order chi connectivity index (χ1) is 11.0. The monoisotopic (exact) mass is 370 g/mol. The van der Waals surface area contributed by atoms with E-state index in [0.29, 0.717) is 12.1 Å². The van der Waals surface area contributed by atoms with Crippen LogP contribution in [0.3, 0.4) is 0 Å². The second kappa shape index (κ2) is 6.34. The normalized spacial score (nSPS) is 12.2. The third-order valence-corrected chi connectivity index (χ3v) is 3.11. The molecule has 0 bridgehead atoms. The Balaban J connectivity index is 2.38. The lowest BCUT2D eigenvalue weighted by molar-refractivity contribution is -0.141. The molecule has 2 N–H and O–H groups in total. The highest BCUT2D eigenvalue weighted by Crippen LogP contribution is 2.35. The van der Waals surface area contributed by atoms with Crippen LogP contribution in [-0.2, 0) is 12.4 Å². The number of anilines is 3. The molecule has 2 rings (SSSR count). The van der Waals surface area contributed by atoms with Gasteiger partial charge < -0.3 is 10.6 Å². The Bertz CT molecular complexity index is 744. The Kier molecular flexibility index (Phi) is 4.79. The molecular weight excluding hydrogens is 362 g/mol. The zero-order chi connectivity index (χ0) is 18.1. The number of nitrogens with zero attached hydrogens (tertiary/aromatic N) is 2. The second-order valence-electron chi connectivity index (χ2n) is 4.53. The fourth-order valence-corrected chi connectivity index (χ4v) is 1.93. The largest absolute Gasteiger partial charge is 0.433 e. The van der Waals surface area contributed by atoms with Crippen LogP contribution in [-0.4, -0.2) is 17.0 Å². The average molecular weight is 371 g/mol. The summed E-state index contributed by atoms with van der Waals surface area (Å²) in [7, 11) is 1.32. The number of alkyl halides is 6. The molecule has 1 heterocycles. The SMILES string of the molecule is CNc1nc(Nc2ccc(C(F)(F)F)cc2Cl)cc(C(F)(F)F)n1. The van der Waals surface area contributed by atoms with E-state index in [2.05, 4.69) is 20.6 Å². The van der Waals surface area contributed by atoms with Gasteiger partial charge in [0, 0.05) is 13.1 Å². The fourth-order valence-electron chi connectivity index (χ4n) is 1.70. The Morgan fingerprint density at radius 3 is 2.12 bits per heavy atom. The van der Waals surface area contributed by atoms with Crippen molar-refractivity contribution in [3.63, 3.8) is 0 Å². The molecule has 0 spiro atoms. The first kappa shape index (κ1) is 18.1. The minimum absolute atomic E-state index is 0.0291. The average Bonchev–Trinajstić information content (AvgIpc) is 2.47. The van der Waals surface area contributed by atoms with Crippen molar-refractivity contribution < 1.29 is 26.3 Å². The first-order valence-electron chi connectivity index (χ1n) is 6.28. The molecular formula is C13H9ClF6N4. The maximum absolute atomic E-state index is 12.8. The fraction of sp³-hybridized carbons (Fsp3) is 0.231. The molecule has 0 aliphatic rings. The maximum atomic E-state index is 12.8. The number of rotatable bonds is 3. The van der Waals surface area contributed by atoms with Gasteiger partial charge in [0.15, 0.2) is 5.69 Å². The van der Waals surface area contributed by atoms with Gasteiger partial charge in [0.05, 0.1) is 16.3 Å². The molecule has 2 aromatic rings. The van der Waals surface area contributed by atoms with Gasteiger partial charge in [-0.25, -0.2) is 4.98 Å². The number of aromatic nitrogens is 2. The molecule has 130 valence electrons. The van der Waals surface area contributed by atoms with Gasteiger partial charge in [-0.3, -0.25) is 0 Å². The molecule has 24 heavy (non-hydrogen) atoms. The van der Waals surface area contributed by atoms with Crippen LogP contribution in [0.2, 0.25) is 5.02 Å². The van der Waals surface area contributed by atoms with E-state index < -0.39 is 23.6 Å². The smallest absolute Gasteiger partial charge is 0.357 e. The summed E-state index contributed by atoms with van der Waals surface area (Å²) >= 11 is 5.74. The topological polar surface area (TPSA) is 49.8 Å². The molecule has 0 amide bonds. The third kappa shape index (κ3) is 4.19. The van der Waals surface area contributed by atoms with Crippen LogP contribution in [0.4, 0.5) is 43.8 Å². The van der Waals surface area contributed by atoms with Crippen LogP contribution in [0, 0.1) is 0 Å². The Hall–Kier alpha value is -2.23. The molecule has 0 aliphatic heterocycles. The predicted octanol–water partition coefficient (Wildman–Crippen LogP) is 4.95. The molecule has 0 fully saturated rings. The lowest BCUT2D eigenvalue weighted by atomic mass is 10.2. The van der Waals surface area contributed by atoms with Gasteiger partial charge in [-0.15, -0.1) is 0 Å². The summed E-state index contributed by atoms with van der Waals surface area (Å²) in [6, 6.07) is 3.03. The molecule has 11 heteroatoms. The second-order valence-corrected chi connectivity index (χ2v) is 4.93. The van der Waals surface area contributed by atoms with Gasteiger partial charge in [-0.2, -0.15) is 31.3 Å². The summed E-state index contributed by atoms with van der Waals surface area (Å²) in [6.07, 6.45) is -9.30. The molecule has 1 aromatic heterocycles. The van der Waals surface area contributed by atoms with Gasteiger partial charge in [0.25, 0.3) is 0 Å². The minimum atomic E-state index is -4.71. The first-order valence-corrected chi connectivity index (χ1v) is 6.66. The van der Waals surface area contributed by atoms with Crippen molar-refractivity contribution in [1.82, 2.24) is 9.97 Å². The third-order valence-electron chi connectivity index (χ3n) is 2.80. The number of halogens is 7. The van der Waals surface area contributed by atoms with E-state index in [0.717, 1.165) is 12.1 Å². The highest BCUT2D eigenvalue weighted by molar-refractivity contribution is 6.33. The zero-order valence-corrected chi connectivity index (χ0v) is 12.6. The standard InChI is InChI=1S/C13H9ClF6N4/c1-21-11-23-9(13(18,19)20)5-10(24-11)22-8-3-2-6(4-7(8)14)12(15,16)17/h2-5H,1H3,(H2,21,22,23,24). The molecule has 0 unspecified atom stereocenters. The molecule has 0 atom stereocenters. The summed E-state index contributed by atoms with van der Waals surface area (Å²) in [5.41, 5.74) is -2.22. The van der Waals surface area contributed by atoms with Crippen molar-refractivity contribution in [2.24, 2.45) is 0 Å². The van der Waals surface area contributed by atoms with Crippen LogP contribution in [0.25, 0.3) is 0 Å². The lowest BCUT2D eigenvalue weighted by Gasteiger charge is -2.13. The maximum Gasteiger partial charge on any atom is 0.433 e. The van der Waals surface area contributed by atoms with E-state index >= 15 is 0 Å². The van der Waals surface area contributed by atoms with Crippen LogP contribution in [0.1, 0.15) is 11.3 Å². The molecule has 0 aliphatic carbocycles. The van der Waals surface area contributed by atoms with Crippen molar-refractivity contribution in [2.75, 3.05) is 17.7 Å². The van der Waals surface area contributed by atoms with E-state index in [1.807, 2.05) is 0 Å². The van der Waals surface area contributed by atoms with E-state index in [1.165, 1.54) is 7.05 Å². The molecule has 1 aromatic carbocycles. The zero-order valence-electron chi connectivity index (χ0n) is 11.8. The molecule has 0 radical (unpaired) electrons. The summed E-state index contributed by atoms with van der Waals surface area (Å²) in [4.78, 5) is 7.02. The van der Waals surface area contributed by atoms with E-state index in [-0.39, 0.29) is 22.5 Å². The van der Waals surface area contributed by atoms with E-state index in [9.17, 15) is 26.3 Å². The number of benzene rings is 1. The highest BCUT2D eigenvalue weighted by atomic mass is 35.5. The summed E-state index contributed by atoms with van der Waals surface area (Å²) in [5.74, 6) is -0.585. The Morgan fingerprint density at radius 1 is 0.958 bits per heavy atom. The quantitative estimate of drug-likeness (QED) is 0.750. The van der Waals surface area contributed by atoms with Gasteiger partial charge >= 0.3 is 12.4 Å². The van der Waals surface area contributed by atoms with Gasteiger partial charge in [-0.1, -0.05) is 11.6 Å². The molecule has 4 nitrogen and oxygen atoms in total. The summed E-state index contributed by atoms with van der Waals surface area (Å²) in [6.45, 7) is 0. The van der Waals surface area contributed by atoms with Crippen molar-refractivity contribution in [3.05, 3.63) is 40.5 Å². The van der Waals surface area contributed by atoms with Crippen molar-refractivity contribution in [3.8, 4) is 0 Å². The van der Waals surface area contributed by atoms with E-state index in [1.54, 1.807) is 0 Å². The van der Waals surface area contributed by atoms with Crippen LogP contribution in [0.5, 0.6) is 0 Å². The van der Waals surface area contributed by atoms with Crippen LogP contribution in [0.15, 0.2) is 24.3 Å². The van der Waals surface area contributed by atoms with Gasteiger partial charge in [0.1, 0.15) is 5.82 Å². The minimum Gasteiger partial charge on any atom is -0.357 e. The highest BCUT2D eigenvalue weighted by Gasteiger charge is 2.34. The lowest BCUT2D eigenvalue weighted by Crippen LogP contribution is -2.12. The van der Waals surface area contributed by atoms with Crippen molar-refractivity contribution >= 4 is 29.1 Å².